The Bertz CT molecular complexity index is 982. The molecule has 2 heterocycles. The molecule has 0 unspecified atom stereocenters. The van der Waals surface area contributed by atoms with Crippen LogP contribution in [0.15, 0.2) is 30.3 Å². The number of hydrogen-bond acceptors (Lipinski definition) is 5. The van der Waals surface area contributed by atoms with Crippen LogP contribution in [-0.2, 0) is 4.79 Å². The summed E-state index contributed by atoms with van der Waals surface area (Å²) in [5, 5.41) is 3.49. The molecule has 2 aromatic rings. The fourth-order valence-electron chi connectivity index (χ4n) is 4.27. The number of nitrogens with one attached hydrogen (secondary N) is 1. The molecule has 0 atom stereocenters. The maximum absolute atomic E-state index is 13.7. The van der Waals surface area contributed by atoms with Crippen molar-refractivity contribution in [1.82, 2.24) is 14.9 Å². The average molecular weight is 442 g/mol. The van der Waals surface area contributed by atoms with Crippen molar-refractivity contribution in [3.63, 3.8) is 0 Å². The van der Waals surface area contributed by atoms with E-state index in [2.05, 4.69) is 15.2 Å². The van der Waals surface area contributed by atoms with Crippen LogP contribution in [0.2, 0.25) is 0 Å². The number of nitrogens with zero attached hydrogens (tertiary/aromatic N) is 4. The number of aryl methyl sites for hydroxylation is 1. The highest BCUT2D eigenvalue weighted by Gasteiger charge is 2.22. The molecule has 2 aliphatic rings. The fourth-order valence-corrected chi connectivity index (χ4v) is 4.27. The first-order valence-electron chi connectivity index (χ1n) is 11.3. The standard InChI is InChI=1S/C24H29F2N5O/c1-17-15-22(29-24(27-17)28-20-5-3-2-4-6-20)30-11-13-31(14-12-30)23(32)10-7-18-16-19(25)8-9-21(18)26/h7-10,15-16,20H,2-6,11-14H2,1H3,(H,27,28,29)/b10-7+. The van der Waals surface area contributed by atoms with E-state index in [1.165, 1.54) is 31.4 Å². The van der Waals surface area contributed by atoms with E-state index >= 15 is 0 Å². The van der Waals surface area contributed by atoms with E-state index in [9.17, 15) is 13.6 Å². The normalized spacial score (nSPS) is 17.7. The van der Waals surface area contributed by atoms with E-state index in [0.717, 1.165) is 42.6 Å². The number of benzene rings is 1. The first-order chi connectivity index (χ1) is 15.5. The molecule has 1 aromatic carbocycles. The van der Waals surface area contributed by atoms with Gasteiger partial charge in [0.2, 0.25) is 11.9 Å². The molecular formula is C24H29F2N5O. The van der Waals surface area contributed by atoms with Crippen molar-refractivity contribution in [3.8, 4) is 0 Å². The molecule has 1 aliphatic carbocycles. The Balaban J connectivity index is 1.35. The van der Waals surface area contributed by atoms with Gasteiger partial charge in [-0.2, -0.15) is 4.98 Å². The second kappa shape index (κ2) is 10.1. The van der Waals surface area contributed by atoms with E-state index < -0.39 is 11.6 Å². The predicted octanol–water partition coefficient (Wildman–Crippen LogP) is 4.17. The van der Waals surface area contributed by atoms with Gasteiger partial charge in [0.05, 0.1) is 0 Å². The molecule has 0 radical (unpaired) electrons. The molecule has 0 bridgehead atoms. The minimum Gasteiger partial charge on any atom is -0.353 e. The summed E-state index contributed by atoms with van der Waals surface area (Å²) in [6, 6.07) is 5.59. The lowest BCUT2D eigenvalue weighted by atomic mass is 9.96. The van der Waals surface area contributed by atoms with E-state index in [4.69, 9.17) is 4.98 Å². The second-order valence-corrected chi connectivity index (χ2v) is 8.48. The summed E-state index contributed by atoms with van der Waals surface area (Å²) in [6.07, 6.45) is 8.71. The molecule has 0 spiro atoms. The lowest BCUT2D eigenvalue weighted by Gasteiger charge is -2.35. The second-order valence-electron chi connectivity index (χ2n) is 8.48. The molecule has 1 aliphatic heterocycles. The van der Waals surface area contributed by atoms with Gasteiger partial charge in [-0.25, -0.2) is 13.8 Å². The van der Waals surface area contributed by atoms with Gasteiger partial charge >= 0.3 is 0 Å². The highest BCUT2D eigenvalue weighted by Crippen LogP contribution is 2.22. The largest absolute Gasteiger partial charge is 0.353 e. The maximum Gasteiger partial charge on any atom is 0.246 e. The summed E-state index contributed by atoms with van der Waals surface area (Å²) in [5.74, 6) is 0.221. The summed E-state index contributed by atoms with van der Waals surface area (Å²) in [4.78, 5) is 25.6. The number of carbonyl (C=O) groups is 1. The van der Waals surface area contributed by atoms with Crippen LogP contribution in [0.1, 0.15) is 43.4 Å². The highest BCUT2D eigenvalue weighted by atomic mass is 19.1. The molecule has 1 saturated heterocycles. The zero-order chi connectivity index (χ0) is 22.5. The van der Waals surface area contributed by atoms with Crippen LogP contribution in [0.25, 0.3) is 6.08 Å². The minimum atomic E-state index is -0.558. The number of aromatic nitrogens is 2. The summed E-state index contributed by atoms with van der Waals surface area (Å²) in [5.41, 5.74) is 0.971. The van der Waals surface area contributed by atoms with Crippen LogP contribution in [-0.4, -0.2) is 53.0 Å². The molecular weight excluding hydrogens is 412 g/mol. The molecule has 6 nitrogen and oxygen atoms in total. The highest BCUT2D eigenvalue weighted by molar-refractivity contribution is 5.92. The van der Waals surface area contributed by atoms with Gasteiger partial charge in [0.15, 0.2) is 0 Å². The van der Waals surface area contributed by atoms with Crippen molar-refractivity contribution in [2.75, 3.05) is 36.4 Å². The first-order valence-corrected chi connectivity index (χ1v) is 11.3. The van der Waals surface area contributed by atoms with Gasteiger partial charge in [-0.05, 0) is 44.0 Å². The third kappa shape index (κ3) is 5.60. The van der Waals surface area contributed by atoms with E-state index in [1.54, 1.807) is 4.90 Å². The van der Waals surface area contributed by atoms with Gasteiger partial charge in [0, 0.05) is 55.6 Å². The maximum atomic E-state index is 13.7. The van der Waals surface area contributed by atoms with Crippen LogP contribution < -0.4 is 10.2 Å². The number of carbonyl (C=O) groups excluding carboxylic acids is 1. The van der Waals surface area contributed by atoms with Crippen LogP contribution in [0, 0.1) is 18.6 Å². The number of piperazine rings is 1. The molecule has 1 N–H and O–H groups in total. The lowest BCUT2D eigenvalue weighted by Crippen LogP contribution is -2.48. The van der Waals surface area contributed by atoms with Gasteiger partial charge in [0.1, 0.15) is 17.5 Å². The van der Waals surface area contributed by atoms with Crippen molar-refractivity contribution in [3.05, 3.63) is 53.2 Å². The molecule has 2 fully saturated rings. The lowest BCUT2D eigenvalue weighted by molar-refractivity contribution is -0.126. The molecule has 8 heteroatoms. The topological polar surface area (TPSA) is 61.4 Å². The zero-order valence-electron chi connectivity index (χ0n) is 18.4. The third-order valence-corrected chi connectivity index (χ3v) is 6.06. The van der Waals surface area contributed by atoms with E-state index in [-0.39, 0.29) is 11.5 Å². The van der Waals surface area contributed by atoms with Gasteiger partial charge in [-0.15, -0.1) is 0 Å². The zero-order valence-corrected chi connectivity index (χ0v) is 18.4. The van der Waals surface area contributed by atoms with Crippen molar-refractivity contribution < 1.29 is 13.6 Å². The van der Waals surface area contributed by atoms with Crippen LogP contribution in [0.5, 0.6) is 0 Å². The quantitative estimate of drug-likeness (QED) is 0.706. The summed E-state index contributed by atoms with van der Waals surface area (Å²) in [7, 11) is 0. The summed E-state index contributed by atoms with van der Waals surface area (Å²) >= 11 is 0. The van der Waals surface area contributed by atoms with Crippen LogP contribution >= 0.6 is 0 Å². The number of rotatable bonds is 5. The van der Waals surface area contributed by atoms with Crippen molar-refractivity contribution in [2.24, 2.45) is 0 Å². The molecule has 1 aromatic heterocycles. The Labute approximate surface area is 187 Å². The van der Waals surface area contributed by atoms with Gasteiger partial charge < -0.3 is 15.1 Å². The Morgan fingerprint density at radius 1 is 1.06 bits per heavy atom. The van der Waals surface area contributed by atoms with Crippen molar-refractivity contribution in [2.45, 2.75) is 45.1 Å². The number of hydrogen-bond donors (Lipinski definition) is 1. The Kier molecular flexibility index (Phi) is 6.97. The number of amides is 1. The molecule has 1 saturated carbocycles. The Hall–Kier alpha value is -3.03. The number of anilines is 2. The SMILES string of the molecule is Cc1cc(N2CCN(C(=O)/C=C/c3cc(F)ccc3F)CC2)nc(NC2CCCCC2)n1. The average Bonchev–Trinajstić information content (AvgIpc) is 2.80. The fraction of sp³-hybridized carbons (Fsp3) is 0.458. The first kappa shape index (κ1) is 22.2. The monoisotopic (exact) mass is 441 g/mol. The molecule has 1 amide bonds. The third-order valence-electron chi connectivity index (χ3n) is 6.06. The van der Waals surface area contributed by atoms with Gasteiger partial charge in [-0.1, -0.05) is 19.3 Å². The van der Waals surface area contributed by atoms with Crippen molar-refractivity contribution >= 4 is 23.7 Å². The molecule has 4 rings (SSSR count). The van der Waals surface area contributed by atoms with E-state index in [0.29, 0.717) is 38.2 Å². The Morgan fingerprint density at radius 3 is 2.56 bits per heavy atom. The van der Waals surface area contributed by atoms with Crippen LogP contribution in [0.3, 0.4) is 0 Å². The van der Waals surface area contributed by atoms with E-state index in [1.807, 2.05) is 13.0 Å². The van der Waals surface area contributed by atoms with Gasteiger partial charge in [0.25, 0.3) is 0 Å². The minimum absolute atomic E-state index is 0.0615. The summed E-state index contributed by atoms with van der Waals surface area (Å²) in [6.45, 7) is 4.32. The van der Waals surface area contributed by atoms with Crippen LogP contribution in [0.4, 0.5) is 20.5 Å². The summed E-state index contributed by atoms with van der Waals surface area (Å²) < 4.78 is 27.1. The predicted molar refractivity (Wildman–Crippen MR) is 121 cm³/mol. The smallest absolute Gasteiger partial charge is 0.246 e. The molecule has 170 valence electrons. The Morgan fingerprint density at radius 2 is 1.81 bits per heavy atom. The number of halogens is 2. The molecule has 32 heavy (non-hydrogen) atoms. The van der Waals surface area contributed by atoms with Gasteiger partial charge in [-0.3, -0.25) is 4.79 Å². The van der Waals surface area contributed by atoms with Crippen molar-refractivity contribution in [1.29, 1.82) is 0 Å².